The number of ether oxygens (including phenoxy) is 1. The summed E-state index contributed by atoms with van der Waals surface area (Å²) in [5.74, 6) is 0. The molecule has 0 bridgehead atoms. The van der Waals surface area contributed by atoms with Crippen LogP contribution >= 0.6 is 0 Å². The first-order valence-electron chi connectivity index (χ1n) is 11.2. The van der Waals surface area contributed by atoms with Gasteiger partial charge < -0.3 is 9.30 Å². The number of hydrogen-bond donors (Lipinski definition) is 0. The summed E-state index contributed by atoms with van der Waals surface area (Å²) in [6, 6.07) is 21.1. The van der Waals surface area contributed by atoms with Crippen LogP contribution in [0.2, 0.25) is 0 Å². The SMILES string of the molecule is Cc1cc(C)cc(COCCc2c(-c3ccccc3)c3cc(C)c(C)cc3c(=O)n2C)c1. The second kappa shape index (κ2) is 9.13. The van der Waals surface area contributed by atoms with E-state index in [0.29, 0.717) is 19.6 Å². The van der Waals surface area contributed by atoms with Crippen LogP contribution in [-0.2, 0) is 24.8 Å². The van der Waals surface area contributed by atoms with Crippen molar-refractivity contribution in [3.63, 3.8) is 0 Å². The molecule has 1 heterocycles. The van der Waals surface area contributed by atoms with Gasteiger partial charge in [-0.15, -0.1) is 0 Å². The highest BCUT2D eigenvalue weighted by atomic mass is 16.5. The van der Waals surface area contributed by atoms with Gasteiger partial charge in [-0.3, -0.25) is 4.79 Å². The molecule has 32 heavy (non-hydrogen) atoms. The maximum atomic E-state index is 13.2. The van der Waals surface area contributed by atoms with Crippen LogP contribution in [0, 0.1) is 27.7 Å². The van der Waals surface area contributed by atoms with Gasteiger partial charge in [0.25, 0.3) is 5.56 Å². The largest absolute Gasteiger partial charge is 0.376 e. The minimum Gasteiger partial charge on any atom is -0.376 e. The first-order valence-corrected chi connectivity index (χ1v) is 11.2. The Balaban J connectivity index is 1.72. The molecule has 0 N–H and O–H groups in total. The molecular weight excluding hydrogens is 394 g/mol. The molecule has 4 rings (SSSR count). The topological polar surface area (TPSA) is 31.2 Å². The van der Waals surface area contributed by atoms with Crippen LogP contribution in [0.4, 0.5) is 0 Å². The maximum Gasteiger partial charge on any atom is 0.258 e. The highest BCUT2D eigenvalue weighted by Gasteiger charge is 2.17. The lowest BCUT2D eigenvalue weighted by molar-refractivity contribution is 0.122. The summed E-state index contributed by atoms with van der Waals surface area (Å²) in [5, 5.41) is 1.79. The number of benzene rings is 3. The third-order valence-corrected chi connectivity index (χ3v) is 6.23. The Morgan fingerprint density at radius 1 is 0.812 bits per heavy atom. The molecule has 0 atom stereocenters. The van der Waals surface area contributed by atoms with Crippen LogP contribution in [0.3, 0.4) is 0 Å². The van der Waals surface area contributed by atoms with E-state index in [2.05, 4.69) is 64.1 Å². The summed E-state index contributed by atoms with van der Waals surface area (Å²) < 4.78 is 7.86. The summed E-state index contributed by atoms with van der Waals surface area (Å²) in [4.78, 5) is 13.2. The van der Waals surface area contributed by atoms with Crippen molar-refractivity contribution in [2.75, 3.05) is 6.61 Å². The van der Waals surface area contributed by atoms with E-state index >= 15 is 0 Å². The Hall–Kier alpha value is -3.17. The third kappa shape index (κ3) is 4.39. The summed E-state index contributed by atoms with van der Waals surface area (Å²) in [7, 11) is 1.88. The zero-order valence-electron chi connectivity index (χ0n) is 19.7. The summed E-state index contributed by atoms with van der Waals surface area (Å²) in [5.41, 5.74) is 9.32. The van der Waals surface area contributed by atoms with E-state index in [-0.39, 0.29) is 5.56 Å². The number of pyridine rings is 1. The van der Waals surface area contributed by atoms with E-state index < -0.39 is 0 Å². The molecular formula is C29H31NO2. The molecule has 0 aliphatic heterocycles. The van der Waals surface area contributed by atoms with Crippen molar-refractivity contribution in [3.05, 3.63) is 105 Å². The second-order valence-electron chi connectivity index (χ2n) is 8.83. The Bertz CT molecular complexity index is 1310. The fourth-order valence-electron chi connectivity index (χ4n) is 4.56. The second-order valence-corrected chi connectivity index (χ2v) is 8.83. The number of rotatable bonds is 6. The molecule has 0 radical (unpaired) electrons. The predicted octanol–water partition coefficient (Wildman–Crippen LogP) is 6.20. The molecule has 0 aliphatic rings. The van der Waals surface area contributed by atoms with Crippen molar-refractivity contribution in [1.82, 2.24) is 4.57 Å². The van der Waals surface area contributed by atoms with Gasteiger partial charge >= 0.3 is 0 Å². The molecule has 0 spiro atoms. The molecule has 0 unspecified atom stereocenters. The predicted molar refractivity (Wildman–Crippen MR) is 133 cm³/mol. The van der Waals surface area contributed by atoms with Crippen LogP contribution in [-0.4, -0.2) is 11.2 Å². The van der Waals surface area contributed by atoms with Crippen LogP contribution in [0.1, 0.15) is 33.5 Å². The average molecular weight is 426 g/mol. The van der Waals surface area contributed by atoms with E-state index in [0.717, 1.165) is 33.2 Å². The Morgan fingerprint density at radius 2 is 1.44 bits per heavy atom. The quantitative estimate of drug-likeness (QED) is 0.345. The lowest BCUT2D eigenvalue weighted by atomic mass is 9.93. The van der Waals surface area contributed by atoms with E-state index in [4.69, 9.17) is 4.74 Å². The molecule has 3 aromatic carbocycles. The van der Waals surface area contributed by atoms with Crippen molar-refractivity contribution in [2.45, 2.75) is 40.7 Å². The minimum absolute atomic E-state index is 0.0482. The van der Waals surface area contributed by atoms with Gasteiger partial charge in [0.2, 0.25) is 0 Å². The van der Waals surface area contributed by atoms with Crippen LogP contribution in [0.25, 0.3) is 21.9 Å². The van der Waals surface area contributed by atoms with Crippen molar-refractivity contribution >= 4 is 10.8 Å². The Kier molecular flexibility index (Phi) is 6.29. The highest BCUT2D eigenvalue weighted by Crippen LogP contribution is 2.32. The normalized spacial score (nSPS) is 11.3. The number of nitrogens with zero attached hydrogens (tertiary/aromatic N) is 1. The van der Waals surface area contributed by atoms with Gasteiger partial charge in [0.15, 0.2) is 0 Å². The van der Waals surface area contributed by atoms with E-state index in [9.17, 15) is 4.79 Å². The van der Waals surface area contributed by atoms with Gasteiger partial charge in [0.05, 0.1) is 13.2 Å². The van der Waals surface area contributed by atoms with Gasteiger partial charge in [0, 0.05) is 30.1 Å². The number of aryl methyl sites for hydroxylation is 4. The fraction of sp³-hybridized carbons (Fsp3) is 0.276. The Morgan fingerprint density at radius 3 is 2.09 bits per heavy atom. The monoisotopic (exact) mass is 425 g/mol. The first kappa shape index (κ1) is 22.0. The highest BCUT2D eigenvalue weighted by molar-refractivity contribution is 5.98. The lowest BCUT2D eigenvalue weighted by Crippen LogP contribution is -2.23. The minimum atomic E-state index is 0.0482. The molecule has 0 saturated heterocycles. The summed E-state index contributed by atoms with van der Waals surface area (Å²) in [6.45, 7) is 9.51. The first-order chi connectivity index (χ1) is 15.3. The van der Waals surface area contributed by atoms with Gasteiger partial charge in [0.1, 0.15) is 0 Å². The average Bonchev–Trinajstić information content (AvgIpc) is 2.76. The lowest BCUT2D eigenvalue weighted by Gasteiger charge is -2.19. The molecule has 0 saturated carbocycles. The standard InChI is InChI=1S/C29H31NO2/c1-19-13-20(2)15-23(14-19)18-32-12-11-27-28(24-9-7-6-8-10-24)25-16-21(3)22(4)17-26(25)29(31)30(27)5/h6-10,13-17H,11-12,18H2,1-5H3. The zero-order chi connectivity index (χ0) is 22.8. The van der Waals surface area contributed by atoms with Gasteiger partial charge in [-0.25, -0.2) is 0 Å². The van der Waals surface area contributed by atoms with Crippen molar-refractivity contribution in [3.8, 4) is 11.1 Å². The van der Waals surface area contributed by atoms with Crippen molar-refractivity contribution < 1.29 is 4.74 Å². The molecule has 0 aliphatic carbocycles. The fourth-order valence-corrected chi connectivity index (χ4v) is 4.56. The number of aromatic nitrogens is 1. The molecule has 4 aromatic rings. The van der Waals surface area contributed by atoms with Crippen LogP contribution in [0.15, 0.2) is 65.5 Å². The number of hydrogen-bond acceptors (Lipinski definition) is 2. The smallest absolute Gasteiger partial charge is 0.258 e. The molecule has 3 heteroatoms. The van der Waals surface area contributed by atoms with E-state index in [1.807, 2.05) is 31.3 Å². The third-order valence-electron chi connectivity index (χ3n) is 6.23. The Labute approximate surface area is 190 Å². The molecule has 0 fully saturated rings. The van der Waals surface area contributed by atoms with Crippen LogP contribution in [0.5, 0.6) is 0 Å². The van der Waals surface area contributed by atoms with Gasteiger partial charge in [-0.05, 0) is 61.4 Å². The summed E-state index contributed by atoms with van der Waals surface area (Å²) in [6.07, 6.45) is 0.670. The molecule has 1 aromatic heterocycles. The van der Waals surface area contributed by atoms with Crippen LogP contribution < -0.4 is 5.56 Å². The maximum absolute atomic E-state index is 13.2. The van der Waals surface area contributed by atoms with Crippen molar-refractivity contribution in [2.24, 2.45) is 7.05 Å². The summed E-state index contributed by atoms with van der Waals surface area (Å²) >= 11 is 0. The number of fused-ring (bicyclic) bond motifs is 1. The van der Waals surface area contributed by atoms with Crippen molar-refractivity contribution in [1.29, 1.82) is 0 Å². The van der Waals surface area contributed by atoms with Gasteiger partial charge in [-0.2, -0.15) is 0 Å². The molecule has 3 nitrogen and oxygen atoms in total. The van der Waals surface area contributed by atoms with Gasteiger partial charge in [-0.1, -0.05) is 65.7 Å². The molecule has 0 amide bonds. The van der Waals surface area contributed by atoms with E-state index in [1.165, 1.54) is 22.3 Å². The van der Waals surface area contributed by atoms with E-state index in [1.54, 1.807) is 4.57 Å². The zero-order valence-corrected chi connectivity index (χ0v) is 19.7. The molecule has 164 valence electrons.